The summed E-state index contributed by atoms with van der Waals surface area (Å²) in [6, 6.07) is 2.32. The molecule has 0 saturated carbocycles. The number of hydrogen-bond donors (Lipinski definition) is 3. The zero-order chi connectivity index (χ0) is 15.2. The summed E-state index contributed by atoms with van der Waals surface area (Å²) in [5.41, 5.74) is 8.35. The van der Waals surface area contributed by atoms with E-state index in [1.54, 1.807) is 0 Å². The summed E-state index contributed by atoms with van der Waals surface area (Å²) in [6.45, 7) is 6.30. The molecule has 1 spiro atoms. The molecule has 4 N–H and O–H groups in total. The molecule has 0 aliphatic carbocycles. The van der Waals surface area contributed by atoms with Gasteiger partial charge in [-0.05, 0) is 6.42 Å². The number of nitrogens with zero attached hydrogens (tertiary/aromatic N) is 2. The number of H-pyrrole nitrogens is 1. The van der Waals surface area contributed by atoms with Crippen LogP contribution in [0, 0.1) is 17.2 Å². The molecule has 3 atom stereocenters. The average molecular weight is 288 g/mol. The van der Waals surface area contributed by atoms with Crippen LogP contribution in [0.15, 0.2) is 11.5 Å². The SMILES string of the molecule is CCc1[nH]nc2c1[C@@]1(CC[NH+](C)C[C@H]1C)C(C#N)=C(N)O2. The molecule has 112 valence electrons. The number of allylic oxidation sites excluding steroid dienone is 1. The van der Waals surface area contributed by atoms with E-state index in [2.05, 4.69) is 37.2 Å². The lowest BCUT2D eigenvalue weighted by atomic mass is 9.61. The van der Waals surface area contributed by atoms with Crippen LogP contribution in [0.25, 0.3) is 0 Å². The van der Waals surface area contributed by atoms with Crippen molar-refractivity contribution in [3.05, 3.63) is 22.7 Å². The van der Waals surface area contributed by atoms with Crippen LogP contribution in [0.2, 0.25) is 0 Å². The van der Waals surface area contributed by atoms with Crippen molar-refractivity contribution in [1.29, 1.82) is 5.26 Å². The number of piperidine rings is 1. The third-order valence-electron chi connectivity index (χ3n) is 5.06. The second kappa shape index (κ2) is 4.78. The normalized spacial score (nSPS) is 31.7. The topological polar surface area (TPSA) is 92.2 Å². The Balaban J connectivity index is 2.25. The monoisotopic (exact) mass is 288 g/mol. The first-order chi connectivity index (χ1) is 10.0. The van der Waals surface area contributed by atoms with Gasteiger partial charge in [0.1, 0.15) is 11.6 Å². The third kappa shape index (κ3) is 1.77. The van der Waals surface area contributed by atoms with Crippen molar-refractivity contribution in [2.24, 2.45) is 11.7 Å². The molecular weight excluding hydrogens is 266 g/mol. The minimum atomic E-state index is -0.357. The van der Waals surface area contributed by atoms with Crippen LogP contribution in [0.5, 0.6) is 5.88 Å². The lowest BCUT2D eigenvalue weighted by Gasteiger charge is -2.45. The van der Waals surface area contributed by atoms with Gasteiger partial charge in [0.05, 0.1) is 25.6 Å². The highest BCUT2D eigenvalue weighted by molar-refractivity contribution is 5.55. The quantitative estimate of drug-likeness (QED) is 0.670. The number of nitrogens with two attached hydrogens (primary N) is 1. The molecule has 1 aromatic rings. The molecule has 6 heteroatoms. The Morgan fingerprint density at radius 1 is 1.62 bits per heavy atom. The first-order valence-corrected chi connectivity index (χ1v) is 7.51. The van der Waals surface area contributed by atoms with Crippen molar-refractivity contribution < 1.29 is 9.64 Å². The molecule has 1 saturated heterocycles. The Kier molecular flexibility index (Phi) is 3.18. The van der Waals surface area contributed by atoms with Crippen LogP contribution in [0.3, 0.4) is 0 Å². The molecule has 0 aromatic carbocycles. The molecule has 0 amide bonds. The van der Waals surface area contributed by atoms with E-state index in [0.29, 0.717) is 17.4 Å². The predicted octanol–water partition coefficient (Wildman–Crippen LogP) is -0.149. The summed E-state index contributed by atoms with van der Waals surface area (Å²) < 4.78 is 5.61. The Labute approximate surface area is 124 Å². The van der Waals surface area contributed by atoms with Gasteiger partial charge in [-0.2, -0.15) is 5.26 Å². The number of nitrogens with one attached hydrogen (secondary N) is 2. The maximum absolute atomic E-state index is 9.68. The minimum absolute atomic E-state index is 0.213. The van der Waals surface area contributed by atoms with Gasteiger partial charge in [0.15, 0.2) is 0 Å². The Bertz CT molecular complexity index is 641. The number of aromatic amines is 1. The Morgan fingerprint density at radius 3 is 3.00 bits per heavy atom. The summed E-state index contributed by atoms with van der Waals surface area (Å²) in [6.07, 6.45) is 1.73. The average Bonchev–Trinajstić information content (AvgIpc) is 2.86. The van der Waals surface area contributed by atoms with Crippen LogP contribution in [0.4, 0.5) is 0 Å². The number of rotatable bonds is 1. The fraction of sp³-hybridized carbons (Fsp3) is 0.600. The first kappa shape index (κ1) is 14.0. The van der Waals surface area contributed by atoms with Crippen LogP contribution >= 0.6 is 0 Å². The molecule has 2 aliphatic rings. The van der Waals surface area contributed by atoms with Gasteiger partial charge in [-0.25, -0.2) is 0 Å². The summed E-state index contributed by atoms with van der Waals surface area (Å²) in [5.74, 6) is 1.07. The van der Waals surface area contributed by atoms with E-state index in [-0.39, 0.29) is 11.3 Å². The second-order valence-electron chi connectivity index (χ2n) is 6.22. The van der Waals surface area contributed by atoms with Crippen molar-refractivity contribution in [1.82, 2.24) is 10.2 Å². The summed E-state index contributed by atoms with van der Waals surface area (Å²) in [4.78, 5) is 1.48. The summed E-state index contributed by atoms with van der Waals surface area (Å²) in [7, 11) is 2.19. The van der Waals surface area contributed by atoms with Gasteiger partial charge < -0.3 is 15.4 Å². The predicted molar refractivity (Wildman–Crippen MR) is 77.5 cm³/mol. The van der Waals surface area contributed by atoms with Crippen LogP contribution in [0.1, 0.15) is 31.5 Å². The number of fused-ring (bicyclic) bond motifs is 2. The molecule has 1 fully saturated rings. The maximum atomic E-state index is 9.68. The highest BCUT2D eigenvalue weighted by Crippen LogP contribution is 2.50. The number of likely N-dealkylation sites (tertiary alicyclic amines) is 1. The molecule has 1 unspecified atom stereocenters. The number of aryl methyl sites for hydroxylation is 1. The molecule has 3 rings (SSSR count). The number of ether oxygens (including phenoxy) is 1. The van der Waals surface area contributed by atoms with Gasteiger partial charge in [-0.3, -0.25) is 5.10 Å². The van der Waals surface area contributed by atoms with Crippen LogP contribution in [-0.4, -0.2) is 30.3 Å². The molecule has 0 radical (unpaired) electrons. The van der Waals surface area contributed by atoms with Crippen molar-refractivity contribution in [2.45, 2.75) is 32.1 Å². The fourth-order valence-corrected chi connectivity index (χ4v) is 4.00. The lowest BCUT2D eigenvalue weighted by molar-refractivity contribution is -0.890. The molecular formula is C15H22N5O+. The van der Waals surface area contributed by atoms with Crippen molar-refractivity contribution in [2.75, 3.05) is 20.1 Å². The van der Waals surface area contributed by atoms with Gasteiger partial charge in [-0.15, -0.1) is 5.10 Å². The van der Waals surface area contributed by atoms with Gasteiger partial charge in [-0.1, -0.05) is 13.8 Å². The molecule has 1 aromatic heterocycles. The van der Waals surface area contributed by atoms with Crippen LogP contribution < -0.4 is 15.4 Å². The fourth-order valence-electron chi connectivity index (χ4n) is 4.00. The number of nitriles is 1. The lowest BCUT2D eigenvalue weighted by Crippen LogP contribution is -3.11. The highest BCUT2D eigenvalue weighted by Gasteiger charge is 2.53. The largest absolute Gasteiger partial charge is 0.420 e. The molecule has 21 heavy (non-hydrogen) atoms. The van der Waals surface area contributed by atoms with Crippen molar-refractivity contribution in [3.63, 3.8) is 0 Å². The maximum Gasteiger partial charge on any atom is 0.244 e. The zero-order valence-electron chi connectivity index (χ0n) is 12.8. The van der Waals surface area contributed by atoms with E-state index in [1.807, 2.05) is 0 Å². The van der Waals surface area contributed by atoms with Gasteiger partial charge in [0.2, 0.25) is 11.8 Å². The number of hydrogen-bond acceptors (Lipinski definition) is 4. The Hall–Kier alpha value is -2.00. The van der Waals surface area contributed by atoms with E-state index in [9.17, 15) is 5.26 Å². The highest BCUT2D eigenvalue weighted by atomic mass is 16.5. The molecule has 0 bridgehead atoms. The summed E-state index contributed by atoms with van der Waals surface area (Å²) in [5, 5.41) is 17.0. The zero-order valence-corrected chi connectivity index (χ0v) is 12.8. The minimum Gasteiger partial charge on any atom is -0.420 e. The van der Waals surface area contributed by atoms with E-state index in [0.717, 1.165) is 37.2 Å². The molecule has 6 nitrogen and oxygen atoms in total. The van der Waals surface area contributed by atoms with Gasteiger partial charge >= 0.3 is 0 Å². The molecule has 3 heterocycles. The number of aromatic nitrogens is 2. The van der Waals surface area contributed by atoms with E-state index >= 15 is 0 Å². The first-order valence-electron chi connectivity index (χ1n) is 7.51. The van der Waals surface area contributed by atoms with E-state index in [4.69, 9.17) is 10.5 Å². The Morgan fingerprint density at radius 2 is 2.38 bits per heavy atom. The van der Waals surface area contributed by atoms with Crippen molar-refractivity contribution >= 4 is 0 Å². The van der Waals surface area contributed by atoms with Crippen molar-refractivity contribution in [3.8, 4) is 11.9 Å². The van der Waals surface area contributed by atoms with Gasteiger partial charge in [0.25, 0.3) is 0 Å². The second-order valence-corrected chi connectivity index (χ2v) is 6.22. The third-order valence-corrected chi connectivity index (χ3v) is 5.06. The van der Waals surface area contributed by atoms with E-state index < -0.39 is 0 Å². The smallest absolute Gasteiger partial charge is 0.244 e. The summed E-state index contributed by atoms with van der Waals surface area (Å²) >= 11 is 0. The molecule has 2 aliphatic heterocycles. The van der Waals surface area contributed by atoms with Gasteiger partial charge in [0, 0.05) is 23.6 Å². The number of quaternary nitrogens is 1. The van der Waals surface area contributed by atoms with E-state index in [1.165, 1.54) is 4.90 Å². The van der Waals surface area contributed by atoms with Crippen LogP contribution in [-0.2, 0) is 11.8 Å². The standard InChI is InChI=1S/C15H21N5O/c1-4-11-12-14(19-18-11)21-13(17)10(7-16)15(12)5-6-20(3)8-9(15)2/h9H,4-6,8,17H2,1-3H3,(H,18,19)/p+1/t9-,15-/m1/s1.